The van der Waals surface area contributed by atoms with Crippen LogP contribution in [0.15, 0.2) is 23.2 Å². The Balaban J connectivity index is 2.94. The molecule has 0 radical (unpaired) electrons. The van der Waals surface area contributed by atoms with Crippen LogP contribution in [0.1, 0.15) is 5.56 Å². The molecule has 0 atom stereocenters. The van der Waals surface area contributed by atoms with Gasteiger partial charge >= 0.3 is 6.18 Å². The molecule has 0 unspecified atom stereocenters. The predicted molar refractivity (Wildman–Crippen MR) is 60.8 cm³/mol. The number of nitrogens with one attached hydrogen (secondary N) is 1. The van der Waals surface area contributed by atoms with E-state index in [0.29, 0.717) is 4.48 Å². The lowest BCUT2D eigenvalue weighted by atomic mass is 10.2. The summed E-state index contributed by atoms with van der Waals surface area (Å²) in [6.07, 6.45) is -4.44. The van der Waals surface area contributed by atoms with Gasteiger partial charge in [0.25, 0.3) is 0 Å². The molecular formula is C9H7BrClF3N2. The normalized spacial score (nSPS) is 11.3. The van der Waals surface area contributed by atoms with Crippen LogP contribution >= 0.6 is 27.5 Å². The first kappa shape index (κ1) is 13.3. The fourth-order valence-corrected chi connectivity index (χ4v) is 1.29. The van der Waals surface area contributed by atoms with Gasteiger partial charge in [0.05, 0.1) is 5.56 Å². The first-order valence-electron chi connectivity index (χ1n) is 4.11. The topological polar surface area (TPSA) is 24.9 Å². The molecule has 1 heterocycles. The lowest BCUT2D eigenvalue weighted by Crippen LogP contribution is -2.08. The third kappa shape index (κ3) is 4.02. The summed E-state index contributed by atoms with van der Waals surface area (Å²) >= 11 is 8.55. The number of alkyl halides is 3. The Kier molecular flexibility index (Phi) is 4.21. The molecule has 0 fully saturated rings. The van der Waals surface area contributed by atoms with Gasteiger partial charge in [-0.3, -0.25) is 0 Å². The number of rotatable bonds is 3. The van der Waals surface area contributed by atoms with Gasteiger partial charge < -0.3 is 5.32 Å². The van der Waals surface area contributed by atoms with Crippen molar-refractivity contribution < 1.29 is 13.2 Å². The number of hydrogen-bond acceptors (Lipinski definition) is 2. The van der Waals surface area contributed by atoms with Crippen molar-refractivity contribution in [3.8, 4) is 0 Å². The van der Waals surface area contributed by atoms with Crippen molar-refractivity contribution in [2.45, 2.75) is 6.18 Å². The van der Waals surface area contributed by atoms with Crippen LogP contribution in [-0.2, 0) is 6.18 Å². The molecule has 88 valence electrons. The maximum atomic E-state index is 12.4. The highest BCUT2D eigenvalue weighted by Gasteiger charge is 2.31. The number of anilines is 1. The summed E-state index contributed by atoms with van der Waals surface area (Å²) in [4.78, 5) is 3.71. The van der Waals surface area contributed by atoms with Crippen molar-refractivity contribution in [3.63, 3.8) is 0 Å². The summed E-state index contributed by atoms with van der Waals surface area (Å²) in [6.45, 7) is 3.80. The molecule has 1 aromatic rings. The molecule has 0 aliphatic carbocycles. The Morgan fingerprint density at radius 3 is 2.62 bits per heavy atom. The van der Waals surface area contributed by atoms with Gasteiger partial charge in [-0.2, -0.15) is 13.2 Å². The minimum absolute atomic E-state index is 0.0559. The molecular weight excluding hydrogens is 308 g/mol. The van der Waals surface area contributed by atoms with Crippen LogP contribution in [-0.4, -0.2) is 11.5 Å². The molecule has 0 amide bonds. The lowest BCUT2D eigenvalue weighted by molar-refractivity contribution is -0.137. The molecule has 2 nitrogen and oxygen atoms in total. The van der Waals surface area contributed by atoms with Crippen molar-refractivity contribution in [1.29, 1.82) is 0 Å². The second-order valence-corrected chi connectivity index (χ2v) is 4.44. The van der Waals surface area contributed by atoms with Crippen LogP contribution in [0.4, 0.5) is 19.0 Å². The molecule has 0 aromatic carbocycles. The third-order valence-corrected chi connectivity index (χ3v) is 2.06. The number of hydrogen-bond donors (Lipinski definition) is 1. The minimum atomic E-state index is -4.44. The van der Waals surface area contributed by atoms with E-state index in [1.165, 1.54) is 0 Å². The van der Waals surface area contributed by atoms with E-state index in [-0.39, 0.29) is 17.5 Å². The number of halogens is 5. The maximum absolute atomic E-state index is 12.4. The van der Waals surface area contributed by atoms with E-state index in [9.17, 15) is 13.2 Å². The first-order chi connectivity index (χ1) is 7.29. The summed E-state index contributed by atoms with van der Waals surface area (Å²) < 4.78 is 37.8. The van der Waals surface area contributed by atoms with Gasteiger partial charge in [-0.25, -0.2) is 4.98 Å². The van der Waals surface area contributed by atoms with E-state index in [1.54, 1.807) is 0 Å². The molecule has 0 bridgehead atoms. The standard InChI is InChI=1S/C9H7BrClF3N2/c1-5(10)4-15-8-3-6(9(12,13)14)2-7(11)16-8/h2-3H,1,4H2,(H,15,16). The van der Waals surface area contributed by atoms with Crippen LogP contribution in [0.25, 0.3) is 0 Å². The van der Waals surface area contributed by atoms with Crippen molar-refractivity contribution in [2.75, 3.05) is 11.9 Å². The molecule has 0 aliphatic heterocycles. The quantitative estimate of drug-likeness (QED) is 0.850. The van der Waals surface area contributed by atoms with E-state index < -0.39 is 11.7 Å². The summed E-state index contributed by atoms with van der Waals surface area (Å²) in [7, 11) is 0. The van der Waals surface area contributed by atoms with Crippen molar-refractivity contribution in [1.82, 2.24) is 4.98 Å². The van der Waals surface area contributed by atoms with Crippen molar-refractivity contribution in [3.05, 3.63) is 33.9 Å². The molecule has 16 heavy (non-hydrogen) atoms. The first-order valence-corrected chi connectivity index (χ1v) is 5.28. The molecule has 0 saturated heterocycles. The monoisotopic (exact) mass is 314 g/mol. The van der Waals surface area contributed by atoms with Gasteiger partial charge in [0, 0.05) is 11.0 Å². The zero-order chi connectivity index (χ0) is 12.3. The van der Waals surface area contributed by atoms with E-state index in [4.69, 9.17) is 11.6 Å². The van der Waals surface area contributed by atoms with Gasteiger partial charge in [-0.05, 0) is 12.1 Å². The zero-order valence-electron chi connectivity index (χ0n) is 7.91. The Morgan fingerprint density at radius 2 is 2.12 bits per heavy atom. The Morgan fingerprint density at radius 1 is 1.50 bits per heavy atom. The maximum Gasteiger partial charge on any atom is 0.416 e. The van der Waals surface area contributed by atoms with E-state index >= 15 is 0 Å². The number of nitrogens with zero attached hydrogens (tertiary/aromatic N) is 1. The fourth-order valence-electron chi connectivity index (χ4n) is 0.938. The van der Waals surface area contributed by atoms with Gasteiger partial charge in [0.1, 0.15) is 11.0 Å². The van der Waals surface area contributed by atoms with Crippen LogP contribution in [0.3, 0.4) is 0 Å². The molecule has 0 aliphatic rings. The second-order valence-electron chi connectivity index (χ2n) is 2.93. The lowest BCUT2D eigenvalue weighted by Gasteiger charge is -2.10. The molecule has 0 saturated carbocycles. The highest BCUT2D eigenvalue weighted by molar-refractivity contribution is 9.11. The average Bonchev–Trinajstić information content (AvgIpc) is 2.12. The number of aromatic nitrogens is 1. The van der Waals surface area contributed by atoms with E-state index in [2.05, 4.69) is 32.8 Å². The zero-order valence-corrected chi connectivity index (χ0v) is 10.2. The second kappa shape index (κ2) is 5.05. The van der Waals surface area contributed by atoms with Crippen LogP contribution in [0, 0.1) is 0 Å². The predicted octanol–water partition coefficient (Wildman–Crippen LogP) is 4.07. The SMILES string of the molecule is C=C(Br)CNc1cc(C(F)(F)F)cc(Cl)n1. The summed E-state index contributed by atoms with van der Waals surface area (Å²) in [5.74, 6) is 0.0559. The minimum Gasteiger partial charge on any atom is -0.365 e. The van der Waals surface area contributed by atoms with Crippen LogP contribution in [0.2, 0.25) is 5.15 Å². The molecule has 7 heteroatoms. The van der Waals surface area contributed by atoms with E-state index in [0.717, 1.165) is 12.1 Å². The Bertz CT molecular complexity index is 406. The van der Waals surface area contributed by atoms with Crippen LogP contribution < -0.4 is 5.32 Å². The highest BCUT2D eigenvalue weighted by atomic mass is 79.9. The summed E-state index contributed by atoms with van der Waals surface area (Å²) in [5.41, 5.74) is -0.838. The van der Waals surface area contributed by atoms with Crippen molar-refractivity contribution >= 4 is 33.3 Å². The van der Waals surface area contributed by atoms with Crippen molar-refractivity contribution in [2.24, 2.45) is 0 Å². The smallest absolute Gasteiger partial charge is 0.365 e. The molecule has 1 aromatic heterocycles. The Hall–Kier alpha value is -0.750. The Labute approximate surface area is 104 Å². The van der Waals surface area contributed by atoms with E-state index in [1.807, 2.05) is 0 Å². The summed E-state index contributed by atoms with van der Waals surface area (Å²) in [6, 6.07) is 1.66. The van der Waals surface area contributed by atoms with Crippen LogP contribution in [0.5, 0.6) is 0 Å². The fraction of sp³-hybridized carbons (Fsp3) is 0.222. The number of pyridine rings is 1. The van der Waals surface area contributed by atoms with Gasteiger partial charge in [-0.15, -0.1) is 0 Å². The summed E-state index contributed by atoms with van der Waals surface area (Å²) in [5, 5.41) is 2.44. The molecule has 1 N–H and O–H groups in total. The van der Waals surface area contributed by atoms with Gasteiger partial charge in [0.15, 0.2) is 0 Å². The molecule has 1 rings (SSSR count). The largest absolute Gasteiger partial charge is 0.416 e. The molecule has 0 spiro atoms. The third-order valence-electron chi connectivity index (χ3n) is 1.58. The van der Waals surface area contributed by atoms with Gasteiger partial charge in [-0.1, -0.05) is 34.1 Å². The highest BCUT2D eigenvalue weighted by Crippen LogP contribution is 2.31. The average molecular weight is 316 g/mol. The van der Waals surface area contributed by atoms with Gasteiger partial charge in [0.2, 0.25) is 0 Å².